The Kier molecular flexibility index (Phi) is 4.08. The minimum absolute atomic E-state index is 0.201. The molecule has 0 spiro atoms. The summed E-state index contributed by atoms with van der Waals surface area (Å²) in [4.78, 5) is 11.5. The van der Waals surface area contributed by atoms with Crippen molar-refractivity contribution < 1.29 is 18.7 Å². The van der Waals surface area contributed by atoms with Gasteiger partial charge in [-0.25, -0.2) is 9.18 Å². The van der Waals surface area contributed by atoms with Gasteiger partial charge in [0.1, 0.15) is 11.6 Å². The van der Waals surface area contributed by atoms with Crippen molar-refractivity contribution in [3.05, 3.63) is 59.0 Å². The van der Waals surface area contributed by atoms with Gasteiger partial charge >= 0.3 is 5.97 Å². The number of methoxy groups -OCH3 is 1. The van der Waals surface area contributed by atoms with Crippen molar-refractivity contribution in [2.75, 3.05) is 7.11 Å². The maximum atomic E-state index is 13.6. The molecule has 0 N–H and O–H groups in total. The highest BCUT2D eigenvalue weighted by molar-refractivity contribution is 6.34. The van der Waals surface area contributed by atoms with Gasteiger partial charge in [0.15, 0.2) is 5.15 Å². The predicted octanol–water partition coefficient (Wildman–Crippen LogP) is 4.00. The lowest BCUT2D eigenvalue weighted by molar-refractivity contribution is 0.0595. The summed E-state index contributed by atoms with van der Waals surface area (Å²) in [6.07, 6.45) is 0. The summed E-state index contributed by atoms with van der Waals surface area (Å²) >= 11 is 6.00. The van der Waals surface area contributed by atoms with E-state index in [9.17, 15) is 9.18 Å². The number of aromatic nitrogens is 2. The minimum Gasteiger partial charge on any atom is -0.465 e. The first-order chi connectivity index (χ1) is 11.1. The van der Waals surface area contributed by atoms with Crippen LogP contribution in [-0.2, 0) is 4.74 Å². The summed E-state index contributed by atoms with van der Waals surface area (Å²) in [7, 11) is 1.17. The fraction of sp³-hybridized carbons (Fsp3) is 0.0625. The maximum absolute atomic E-state index is 13.6. The lowest BCUT2D eigenvalue weighted by Crippen LogP contribution is -2.04. The number of hydrogen-bond acceptors (Lipinski definition) is 5. The Labute approximate surface area is 135 Å². The van der Waals surface area contributed by atoms with Gasteiger partial charge in [0, 0.05) is 10.8 Å². The number of benzene rings is 2. The third kappa shape index (κ3) is 2.93. The molecule has 0 saturated carbocycles. The number of ether oxygens (including phenoxy) is 2. The van der Waals surface area contributed by atoms with Crippen LogP contribution in [0.25, 0.3) is 10.8 Å². The highest BCUT2D eigenvalue weighted by Crippen LogP contribution is 2.31. The van der Waals surface area contributed by atoms with Crippen molar-refractivity contribution in [2.45, 2.75) is 0 Å². The molecule has 7 heteroatoms. The van der Waals surface area contributed by atoms with Crippen LogP contribution in [-0.4, -0.2) is 23.3 Å². The number of fused-ring (bicyclic) bond motifs is 1. The van der Waals surface area contributed by atoms with Crippen LogP contribution in [0.15, 0.2) is 42.5 Å². The van der Waals surface area contributed by atoms with E-state index in [4.69, 9.17) is 16.3 Å². The molecule has 3 rings (SSSR count). The number of rotatable bonds is 3. The molecule has 2 aromatic carbocycles. The van der Waals surface area contributed by atoms with E-state index in [1.807, 2.05) is 6.07 Å². The van der Waals surface area contributed by atoms with Gasteiger partial charge in [-0.05, 0) is 24.3 Å². The molecule has 0 unspecified atom stereocenters. The second kappa shape index (κ2) is 6.18. The van der Waals surface area contributed by atoms with E-state index in [0.717, 1.165) is 6.07 Å². The molecule has 0 aliphatic heterocycles. The molecule has 0 radical (unpaired) electrons. The van der Waals surface area contributed by atoms with E-state index >= 15 is 0 Å². The molecule has 0 bridgehead atoms. The molecule has 5 nitrogen and oxygen atoms in total. The maximum Gasteiger partial charge on any atom is 0.340 e. The second-order valence-electron chi connectivity index (χ2n) is 4.58. The highest BCUT2D eigenvalue weighted by Gasteiger charge is 2.15. The largest absolute Gasteiger partial charge is 0.465 e. The van der Waals surface area contributed by atoms with Crippen molar-refractivity contribution in [1.82, 2.24) is 10.2 Å². The van der Waals surface area contributed by atoms with Gasteiger partial charge in [0.05, 0.1) is 12.7 Å². The van der Waals surface area contributed by atoms with Crippen LogP contribution < -0.4 is 4.74 Å². The average Bonchev–Trinajstić information content (AvgIpc) is 2.58. The van der Waals surface area contributed by atoms with Crippen molar-refractivity contribution in [2.24, 2.45) is 0 Å². The van der Waals surface area contributed by atoms with Crippen molar-refractivity contribution in [3.63, 3.8) is 0 Å². The lowest BCUT2D eigenvalue weighted by atomic mass is 10.2. The third-order valence-electron chi connectivity index (χ3n) is 3.17. The van der Waals surface area contributed by atoms with E-state index in [1.165, 1.54) is 19.2 Å². The molecular formula is C16H10ClFN2O3. The van der Waals surface area contributed by atoms with Crippen LogP contribution in [0.5, 0.6) is 11.6 Å². The molecule has 0 aliphatic carbocycles. The molecule has 0 saturated heterocycles. The van der Waals surface area contributed by atoms with Crippen molar-refractivity contribution in [3.8, 4) is 11.6 Å². The number of nitrogens with zero attached hydrogens (tertiary/aromatic N) is 2. The summed E-state index contributed by atoms with van der Waals surface area (Å²) in [6.45, 7) is 0. The zero-order valence-corrected chi connectivity index (χ0v) is 12.7. The topological polar surface area (TPSA) is 61.3 Å². The molecule has 0 aliphatic rings. The van der Waals surface area contributed by atoms with Crippen LogP contribution >= 0.6 is 11.6 Å². The van der Waals surface area contributed by atoms with Crippen LogP contribution in [0.2, 0.25) is 5.15 Å². The summed E-state index contributed by atoms with van der Waals surface area (Å²) in [5, 5.41) is 9.30. The van der Waals surface area contributed by atoms with Gasteiger partial charge in [-0.15, -0.1) is 10.2 Å². The Balaban J connectivity index is 2.03. The fourth-order valence-electron chi connectivity index (χ4n) is 2.07. The van der Waals surface area contributed by atoms with Crippen LogP contribution in [0, 0.1) is 5.82 Å². The Morgan fingerprint density at radius 2 is 1.87 bits per heavy atom. The predicted molar refractivity (Wildman–Crippen MR) is 82.4 cm³/mol. The Morgan fingerprint density at radius 3 is 2.61 bits per heavy atom. The summed E-state index contributed by atoms with van der Waals surface area (Å²) in [5.74, 6) is -1.06. The molecule has 116 valence electrons. The standard InChI is InChI=1S/C16H10ClFN2O3/c1-22-16(21)12-8-9(6-7-13(12)18)23-15-11-5-3-2-4-10(11)14(17)19-20-15/h2-8H,1H3. The van der Waals surface area contributed by atoms with Gasteiger partial charge in [-0.2, -0.15) is 0 Å². The highest BCUT2D eigenvalue weighted by atomic mass is 35.5. The number of halogens is 2. The fourth-order valence-corrected chi connectivity index (χ4v) is 2.27. The normalized spacial score (nSPS) is 10.6. The molecule has 23 heavy (non-hydrogen) atoms. The molecule has 1 heterocycles. The summed E-state index contributed by atoms with van der Waals surface area (Å²) in [6, 6.07) is 10.9. The van der Waals surface area contributed by atoms with Crippen LogP contribution in [0.3, 0.4) is 0 Å². The summed E-state index contributed by atoms with van der Waals surface area (Å²) in [5.41, 5.74) is -0.226. The van der Waals surface area contributed by atoms with Gasteiger partial charge in [0.2, 0.25) is 5.88 Å². The Bertz CT molecular complexity index is 902. The number of hydrogen-bond donors (Lipinski definition) is 0. The number of carbonyl (C=O) groups is 1. The first-order valence-electron chi connectivity index (χ1n) is 6.57. The Hall–Kier alpha value is -2.73. The second-order valence-corrected chi connectivity index (χ2v) is 4.93. The summed E-state index contributed by atoms with van der Waals surface area (Å²) < 4.78 is 23.8. The smallest absolute Gasteiger partial charge is 0.340 e. The zero-order valence-electron chi connectivity index (χ0n) is 11.9. The van der Waals surface area contributed by atoms with Crippen LogP contribution in [0.4, 0.5) is 4.39 Å². The van der Waals surface area contributed by atoms with E-state index in [-0.39, 0.29) is 22.3 Å². The van der Waals surface area contributed by atoms with Crippen LogP contribution in [0.1, 0.15) is 10.4 Å². The van der Waals surface area contributed by atoms with E-state index < -0.39 is 11.8 Å². The monoisotopic (exact) mass is 332 g/mol. The molecule has 0 atom stereocenters. The van der Waals surface area contributed by atoms with Gasteiger partial charge in [-0.3, -0.25) is 0 Å². The first kappa shape index (κ1) is 15.2. The third-order valence-corrected chi connectivity index (χ3v) is 3.45. The molecule has 3 aromatic rings. The van der Waals surface area contributed by atoms with Crippen molar-refractivity contribution >= 4 is 28.3 Å². The molecule has 0 fully saturated rings. The van der Waals surface area contributed by atoms with Gasteiger partial charge in [0.25, 0.3) is 0 Å². The molecule has 0 amide bonds. The average molecular weight is 333 g/mol. The van der Waals surface area contributed by atoms with Gasteiger partial charge < -0.3 is 9.47 Å². The van der Waals surface area contributed by atoms with E-state index in [1.54, 1.807) is 18.2 Å². The number of carbonyl (C=O) groups excluding carboxylic acids is 1. The zero-order chi connectivity index (χ0) is 16.4. The van der Waals surface area contributed by atoms with E-state index in [0.29, 0.717) is 10.8 Å². The Morgan fingerprint density at radius 1 is 1.13 bits per heavy atom. The molecular weight excluding hydrogens is 323 g/mol. The first-order valence-corrected chi connectivity index (χ1v) is 6.94. The number of esters is 1. The van der Waals surface area contributed by atoms with Crippen molar-refractivity contribution in [1.29, 1.82) is 0 Å². The quantitative estimate of drug-likeness (QED) is 0.678. The minimum atomic E-state index is -0.792. The lowest BCUT2D eigenvalue weighted by Gasteiger charge is -2.09. The van der Waals surface area contributed by atoms with Gasteiger partial charge in [-0.1, -0.05) is 29.8 Å². The SMILES string of the molecule is COC(=O)c1cc(Oc2nnc(Cl)c3ccccc23)ccc1F. The molecule has 1 aromatic heterocycles. The van der Waals surface area contributed by atoms with E-state index in [2.05, 4.69) is 14.9 Å².